The zero-order valence-electron chi connectivity index (χ0n) is 20.2. The van der Waals surface area contributed by atoms with E-state index < -0.39 is 0 Å². The maximum atomic E-state index is 12.7. The van der Waals surface area contributed by atoms with Gasteiger partial charge in [-0.15, -0.1) is 5.10 Å². The van der Waals surface area contributed by atoms with E-state index in [1.807, 2.05) is 45.2 Å². The normalized spacial score (nSPS) is 13.2. The third-order valence-electron chi connectivity index (χ3n) is 6.69. The quantitative estimate of drug-likeness (QED) is 0.464. The Morgan fingerprint density at radius 1 is 1.15 bits per heavy atom. The van der Waals surface area contributed by atoms with E-state index in [9.17, 15) is 4.79 Å². The number of benzene rings is 1. The van der Waals surface area contributed by atoms with Gasteiger partial charge in [0.25, 0.3) is 0 Å². The molecule has 0 saturated carbocycles. The SMILES string of the molecule is COc1nn(C)c2nc(C)c(CCC(=O)Nc3ccc(-c4cn5c(n4)CCCC5)cc3)c(C)c12. The molecule has 34 heavy (non-hydrogen) atoms. The molecule has 0 atom stereocenters. The van der Waals surface area contributed by atoms with Crippen LogP contribution in [0.15, 0.2) is 30.5 Å². The maximum Gasteiger partial charge on any atom is 0.242 e. The number of nitrogens with one attached hydrogen (secondary N) is 1. The van der Waals surface area contributed by atoms with Gasteiger partial charge in [-0.3, -0.25) is 4.79 Å². The predicted octanol–water partition coefficient (Wildman–Crippen LogP) is 4.36. The average Bonchev–Trinajstić information content (AvgIpc) is 3.40. The summed E-state index contributed by atoms with van der Waals surface area (Å²) in [4.78, 5) is 22.2. The lowest BCUT2D eigenvalue weighted by Gasteiger charge is -2.11. The molecule has 1 aliphatic heterocycles. The molecule has 8 nitrogen and oxygen atoms in total. The van der Waals surface area contributed by atoms with E-state index in [-0.39, 0.29) is 5.91 Å². The summed E-state index contributed by atoms with van der Waals surface area (Å²) in [5, 5.41) is 8.32. The van der Waals surface area contributed by atoms with Crippen LogP contribution in [0.5, 0.6) is 5.88 Å². The number of ether oxygens (including phenoxy) is 1. The molecule has 176 valence electrons. The van der Waals surface area contributed by atoms with Gasteiger partial charge in [-0.05, 0) is 56.4 Å². The van der Waals surface area contributed by atoms with Gasteiger partial charge in [0.1, 0.15) is 5.82 Å². The van der Waals surface area contributed by atoms with Crippen molar-refractivity contribution in [1.82, 2.24) is 24.3 Å². The molecule has 0 bridgehead atoms. The van der Waals surface area contributed by atoms with Gasteiger partial charge in [-0.2, -0.15) is 0 Å². The molecule has 0 spiro atoms. The Morgan fingerprint density at radius 3 is 2.68 bits per heavy atom. The minimum Gasteiger partial charge on any atom is -0.479 e. The first-order valence-electron chi connectivity index (χ1n) is 11.8. The van der Waals surface area contributed by atoms with Crippen LogP contribution >= 0.6 is 0 Å². The Hall–Kier alpha value is -3.68. The second kappa shape index (κ2) is 8.93. The molecule has 8 heteroatoms. The van der Waals surface area contributed by atoms with Gasteiger partial charge in [0.05, 0.1) is 18.2 Å². The first-order valence-corrected chi connectivity index (χ1v) is 11.8. The van der Waals surface area contributed by atoms with E-state index >= 15 is 0 Å². The van der Waals surface area contributed by atoms with Crippen LogP contribution in [0.3, 0.4) is 0 Å². The molecule has 1 aromatic carbocycles. The maximum absolute atomic E-state index is 12.7. The summed E-state index contributed by atoms with van der Waals surface area (Å²) in [6.45, 7) is 5.07. The molecular formula is C26H30N6O2. The average molecular weight is 459 g/mol. The Bertz CT molecular complexity index is 1340. The fourth-order valence-electron chi connectivity index (χ4n) is 4.85. The zero-order valence-corrected chi connectivity index (χ0v) is 20.2. The van der Waals surface area contributed by atoms with Crippen molar-refractivity contribution in [3.05, 3.63) is 53.1 Å². The number of anilines is 1. The minimum atomic E-state index is -0.0257. The minimum absolute atomic E-state index is 0.0257. The molecule has 1 N–H and O–H groups in total. The molecule has 0 saturated heterocycles. The fraction of sp³-hybridized carbons (Fsp3) is 0.385. The van der Waals surface area contributed by atoms with Gasteiger partial charge in [0, 0.05) is 49.6 Å². The monoisotopic (exact) mass is 458 g/mol. The van der Waals surface area contributed by atoms with E-state index in [4.69, 9.17) is 14.7 Å². The Morgan fingerprint density at radius 2 is 1.94 bits per heavy atom. The van der Waals surface area contributed by atoms with Crippen molar-refractivity contribution in [3.8, 4) is 17.1 Å². The number of rotatable bonds is 6. The van der Waals surface area contributed by atoms with Crippen molar-refractivity contribution in [3.63, 3.8) is 0 Å². The summed E-state index contributed by atoms with van der Waals surface area (Å²) in [5.74, 6) is 1.70. The molecule has 0 unspecified atom stereocenters. The van der Waals surface area contributed by atoms with E-state index in [0.717, 1.165) is 57.8 Å². The van der Waals surface area contributed by atoms with Gasteiger partial charge < -0.3 is 14.6 Å². The number of aryl methyl sites for hydroxylation is 5. The van der Waals surface area contributed by atoms with Gasteiger partial charge in [0.15, 0.2) is 5.65 Å². The molecule has 1 amide bonds. The highest BCUT2D eigenvalue weighted by molar-refractivity contribution is 5.91. The number of nitrogens with zero attached hydrogens (tertiary/aromatic N) is 5. The number of carbonyl (C=O) groups excluding carboxylic acids is 1. The summed E-state index contributed by atoms with van der Waals surface area (Å²) < 4.78 is 9.42. The zero-order chi connectivity index (χ0) is 23.8. The number of amides is 1. The smallest absolute Gasteiger partial charge is 0.242 e. The Labute approximate surface area is 199 Å². The molecule has 0 fully saturated rings. The molecule has 3 aromatic heterocycles. The number of hydrogen-bond acceptors (Lipinski definition) is 5. The molecule has 4 aromatic rings. The lowest BCUT2D eigenvalue weighted by molar-refractivity contribution is -0.116. The molecule has 5 rings (SSSR count). The molecule has 4 heterocycles. The van der Waals surface area contributed by atoms with E-state index in [2.05, 4.69) is 21.2 Å². The van der Waals surface area contributed by atoms with Crippen LogP contribution in [0.4, 0.5) is 5.69 Å². The van der Waals surface area contributed by atoms with E-state index in [1.54, 1.807) is 11.8 Å². The number of hydrogen-bond donors (Lipinski definition) is 1. The van der Waals surface area contributed by atoms with E-state index in [1.165, 1.54) is 18.7 Å². The van der Waals surface area contributed by atoms with Gasteiger partial charge >= 0.3 is 0 Å². The van der Waals surface area contributed by atoms with Crippen LogP contribution in [-0.2, 0) is 31.2 Å². The Kier molecular flexibility index (Phi) is 5.81. The highest BCUT2D eigenvalue weighted by Crippen LogP contribution is 2.30. The molecule has 0 aliphatic carbocycles. The third-order valence-corrected chi connectivity index (χ3v) is 6.69. The van der Waals surface area contributed by atoms with Crippen molar-refractivity contribution < 1.29 is 9.53 Å². The number of fused-ring (bicyclic) bond motifs is 2. The summed E-state index contributed by atoms with van der Waals surface area (Å²) in [5.41, 5.74) is 6.67. The summed E-state index contributed by atoms with van der Waals surface area (Å²) >= 11 is 0. The van der Waals surface area contributed by atoms with Crippen molar-refractivity contribution in [2.24, 2.45) is 7.05 Å². The second-order valence-corrected chi connectivity index (χ2v) is 8.95. The molecular weight excluding hydrogens is 428 g/mol. The first-order chi connectivity index (χ1) is 16.4. The molecule has 1 aliphatic rings. The van der Waals surface area contributed by atoms with Gasteiger partial charge in [0.2, 0.25) is 11.8 Å². The summed E-state index contributed by atoms with van der Waals surface area (Å²) in [6, 6.07) is 7.92. The van der Waals surface area contributed by atoms with Crippen molar-refractivity contribution in [2.45, 2.75) is 52.5 Å². The number of imidazole rings is 1. The lowest BCUT2D eigenvalue weighted by atomic mass is 10.00. The van der Waals surface area contributed by atoms with Gasteiger partial charge in [-0.1, -0.05) is 12.1 Å². The third kappa shape index (κ3) is 4.04. The Balaban J connectivity index is 1.26. The van der Waals surface area contributed by atoms with Gasteiger partial charge in [-0.25, -0.2) is 14.6 Å². The van der Waals surface area contributed by atoms with Crippen LogP contribution in [0, 0.1) is 13.8 Å². The van der Waals surface area contributed by atoms with Crippen molar-refractivity contribution >= 4 is 22.6 Å². The predicted molar refractivity (Wildman–Crippen MR) is 132 cm³/mol. The number of carbonyl (C=O) groups is 1. The van der Waals surface area contributed by atoms with Crippen molar-refractivity contribution in [1.29, 1.82) is 0 Å². The topological polar surface area (TPSA) is 86.9 Å². The van der Waals surface area contributed by atoms with Crippen LogP contribution in [0.1, 0.15) is 41.9 Å². The van der Waals surface area contributed by atoms with Crippen LogP contribution < -0.4 is 10.1 Å². The van der Waals surface area contributed by atoms with Crippen LogP contribution in [0.2, 0.25) is 0 Å². The summed E-state index contributed by atoms with van der Waals surface area (Å²) in [6.07, 6.45) is 6.57. The standard InChI is InChI=1S/C26H30N6O2/c1-16-20(17(2)27-25-24(16)26(34-4)30-31(25)3)12-13-23(33)28-19-10-8-18(9-11-19)21-15-32-14-6-5-7-22(32)29-21/h8-11,15H,5-7,12-14H2,1-4H3,(H,28,33). The first kappa shape index (κ1) is 22.1. The van der Waals surface area contributed by atoms with Crippen LogP contribution in [0.25, 0.3) is 22.3 Å². The number of aromatic nitrogens is 5. The number of pyridine rings is 1. The second-order valence-electron chi connectivity index (χ2n) is 8.95. The number of methoxy groups -OCH3 is 1. The van der Waals surface area contributed by atoms with E-state index in [0.29, 0.717) is 18.7 Å². The van der Waals surface area contributed by atoms with Crippen LogP contribution in [-0.4, -0.2) is 37.3 Å². The molecule has 0 radical (unpaired) electrons. The highest BCUT2D eigenvalue weighted by Gasteiger charge is 2.19. The van der Waals surface area contributed by atoms with Crippen molar-refractivity contribution in [2.75, 3.05) is 12.4 Å². The lowest BCUT2D eigenvalue weighted by Crippen LogP contribution is -2.13. The highest BCUT2D eigenvalue weighted by atomic mass is 16.5. The summed E-state index contributed by atoms with van der Waals surface area (Å²) in [7, 11) is 3.47. The largest absolute Gasteiger partial charge is 0.479 e. The fourth-order valence-corrected chi connectivity index (χ4v) is 4.85.